The Bertz CT molecular complexity index is 284. The van der Waals surface area contributed by atoms with Crippen molar-refractivity contribution in [1.29, 1.82) is 0 Å². The molecule has 0 radical (unpaired) electrons. The fourth-order valence-electron chi connectivity index (χ4n) is 1.43. The summed E-state index contributed by atoms with van der Waals surface area (Å²) in [7, 11) is 0. The van der Waals surface area contributed by atoms with E-state index >= 15 is 0 Å². The number of aryl methyl sites for hydroxylation is 2. The van der Waals surface area contributed by atoms with E-state index in [0.29, 0.717) is 5.92 Å². The van der Waals surface area contributed by atoms with Crippen molar-refractivity contribution < 1.29 is 0 Å². The quantitative estimate of drug-likeness (QED) is 0.637. The van der Waals surface area contributed by atoms with Crippen molar-refractivity contribution in [2.24, 2.45) is 5.92 Å². The molecule has 13 heavy (non-hydrogen) atoms. The summed E-state index contributed by atoms with van der Waals surface area (Å²) in [5, 5.41) is 0. The third kappa shape index (κ3) is 2.33. The van der Waals surface area contributed by atoms with Crippen molar-refractivity contribution in [2.45, 2.75) is 40.5 Å². The van der Waals surface area contributed by atoms with Crippen LogP contribution in [-0.4, -0.2) is 0 Å². The lowest BCUT2D eigenvalue weighted by atomic mass is 9.89. The number of benzene rings is 1. The first-order valence-electron chi connectivity index (χ1n) is 5.09. The molecule has 1 aromatic carbocycles. The van der Waals surface area contributed by atoms with Crippen LogP contribution in [0, 0.1) is 19.8 Å². The predicted octanol–water partition coefficient (Wildman–Crippen LogP) is 4.06. The van der Waals surface area contributed by atoms with E-state index in [0.717, 1.165) is 5.92 Å². The van der Waals surface area contributed by atoms with Crippen LogP contribution < -0.4 is 0 Å². The van der Waals surface area contributed by atoms with Crippen LogP contribution in [0.25, 0.3) is 0 Å². The van der Waals surface area contributed by atoms with E-state index in [1.54, 1.807) is 0 Å². The number of hydrogen-bond acceptors (Lipinski definition) is 0. The predicted molar refractivity (Wildman–Crippen MR) is 59.2 cm³/mol. The van der Waals surface area contributed by atoms with Crippen LogP contribution in [-0.2, 0) is 0 Å². The molecule has 0 heteroatoms. The third-order valence-electron chi connectivity index (χ3n) is 3.06. The topological polar surface area (TPSA) is 0 Å². The lowest BCUT2D eigenvalue weighted by Gasteiger charge is -2.17. The first-order valence-corrected chi connectivity index (χ1v) is 5.09. The Morgan fingerprint density at radius 1 is 0.923 bits per heavy atom. The molecule has 0 aliphatic carbocycles. The summed E-state index contributed by atoms with van der Waals surface area (Å²) in [4.78, 5) is 0. The van der Waals surface area contributed by atoms with E-state index < -0.39 is 0 Å². The van der Waals surface area contributed by atoms with Gasteiger partial charge < -0.3 is 0 Å². The summed E-state index contributed by atoms with van der Waals surface area (Å²) < 4.78 is 0. The standard InChI is InChI=1S/C13H20/c1-9(2)12(5)13-7-6-10(3)11(4)8-13/h6-9,12H,1-5H3/t12-/m1/s1. The third-order valence-corrected chi connectivity index (χ3v) is 3.06. The Morgan fingerprint density at radius 2 is 1.54 bits per heavy atom. The van der Waals surface area contributed by atoms with Crippen LogP contribution >= 0.6 is 0 Å². The second kappa shape index (κ2) is 3.95. The van der Waals surface area contributed by atoms with Gasteiger partial charge in [0.1, 0.15) is 0 Å². The molecule has 0 amide bonds. The van der Waals surface area contributed by atoms with Crippen molar-refractivity contribution in [3.8, 4) is 0 Å². The summed E-state index contributed by atoms with van der Waals surface area (Å²) in [6.07, 6.45) is 0. The van der Waals surface area contributed by atoms with Gasteiger partial charge in [0.15, 0.2) is 0 Å². The van der Waals surface area contributed by atoms with Crippen LogP contribution in [0.2, 0.25) is 0 Å². The highest BCUT2D eigenvalue weighted by molar-refractivity contribution is 5.31. The molecule has 1 aromatic rings. The average molecular weight is 176 g/mol. The van der Waals surface area contributed by atoms with Gasteiger partial charge >= 0.3 is 0 Å². The Balaban J connectivity index is 2.97. The zero-order valence-corrected chi connectivity index (χ0v) is 9.39. The molecule has 0 saturated heterocycles. The van der Waals surface area contributed by atoms with Crippen molar-refractivity contribution in [1.82, 2.24) is 0 Å². The molecule has 1 rings (SSSR count). The monoisotopic (exact) mass is 176 g/mol. The minimum atomic E-state index is 0.666. The molecule has 0 saturated carbocycles. The van der Waals surface area contributed by atoms with Crippen LogP contribution in [0.1, 0.15) is 43.4 Å². The van der Waals surface area contributed by atoms with Gasteiger partial charge in [-0.2, -0.15) is 0 Å². The molecular formula is C13H20. The van der Waals surface area contributed by atoms with Gasteiger partial charge in [0.25, 0.3) is 0 Å². The largest absolute Gasteiger partial charge is 0.0622 e. The molecule has 0 heterocycles. The summed E-state index contributed by atoms with van der Waals surface area (Å²) in [6, 6.07) is 6.80. The van der Waals surface area contributed by atoms with Crippen molar-refractivity contribution in [2.75, 3.05) is 0 Å². The fourth-order valence-corrected chi connectivity index (χ4v) is 1.43. The highest BCUT2D eigenvalue weighted by Gasteiger charge is 2.09. The number of rotatable bonds is 2. The van der Waals surface area contributed by atoms with Crippen LogP contribution in [0.4, 0.5) is 0 Å². The maximum Gasteiger partial charge on any atom is -0.0167 e. The zero-order valence-electron chi connectivity index (χ0n) is 9.39. The van der Waals surface area contributed by atoms with E-state index in [4.69, 9.17) is 0 Å². The Kier molecular flexibility index (Phi) is 3.13. The van der Waals surface area contributed by atoms with Gasteiger partial charge in [0, 0.05) is 0 Å². The average Bonchev–Trinajstić information content (AvgIpc) is 2.08. The normalized spacial score (nSPS) is 13.4. The highest BCUT2D eigenvalue weighted by Crippen LogP contribution is 2.24. The number of hydrogen-bond donors (Lipinski definition) is 0. The molecule has 72 valence electrons. The van der Waals surface area contributed by atoms with E-state index in [2.05, 4.69) is 52.8 Å². The molecule has 0 aliphatic heterocycles. The Hall–Kier alpha value is -0.780. The molecule has 0 nitrogen and oxygen atoms in total. The summed E-state index contributed by atoms with van der Waals surface area (Å²) in [5.41, 5.74) is 4.27. The van der Waals surface area contributed by atoms with E-state index in [9.17, 15) is 0 Å². The van der Waals surface area contributed by atoms with Crippen LogP contribution in [0.5, 0.6) is 0 Å². The lowest BCUT2D eigenvalue weighted by Crippen LogP contribution is -2.02. The summed E-state index contributed by atoms with van der Waals surface area (Å²) in [6.45, 7) is 11.2. The highest BCUT2D eigenvalue weighted by atomic mass is 14.1. The van der Waals surface area contributed by atoms with Crippen molar-refractivity contribution in [3.63, 3.8) is 0 Å². The second-order valence-corrected chi connectivity index (χ2v) is 4.38. The maximum absolute atomic E-state index is 2.32. The zero-order chi connectivity index (χ0) is 10.0. The van der Waals surface area contributed by atoms with Crippen molar-refractivity contribution >= 4 is 0 Å². The van der Waals surface area contributed by atoms with Gasteiger partial charge in [-0.3, -0.25) is 0 Å². The molecule has 0 bridgehead atoms. The minimum Gasteiger partial charge on any atom is -0.0622 e. The molecule has 0 spiro atoms. The van der Waals surface area contributed by atoms with Gasteiger partial charge in [0.05, 0.1) is 0 Å². The maximum atomic E-state index is 2.32. The van der Waals surface area contributed by atoms with Crippen LogP contribution in [0.15, 0.2) is 18.2 Å². The van der Waals surface area contributed by atoms with E-state index in [1.807, 2.05) is 0 Å². The van der Waals surface area contributed by atoms with Gasteiger partial charge in [0.2, 0.25) is 0 Å². The van der Waals surface area contributed by atoms with E-state index in [-0.39, 0.29) is 0 Å². The molecule has 0 fully saturated rings. The molecule has 0 aliphatic rings. The molecule has 0 N–H and O–H groups in total. The summed E-state index contributed by atoms with van der Waals surface area (Å²) in [5.74, 6) is 1.39. The molecular weight excluding hydrogens is 156 g/mol. The van der Waals surface area contributed by atoms with Crippen LogP contribution in [0.3, 0.4) is 0 Å². The minimum absolute atomic E-state index is 0.666. The van der Waals surface area contributed by atoms with Gasteiger partial charge in [-0.1, -0.05) is 39.0 Å². The fraction of sp³-hybridized carbons (Fsp3) is 0.538. The Morgan fingerprint density at radius 3 is 2.00 bits per heavy atom. The lowest BCUT2D eigenvalue weighted by molar-refractivity contribution is 0.535. The first kappa shape index (κ1) is 10.3. The molecule has 0 unspecified atom stereocenters. The van der Waals surface area contributed by atoms with Gasteiger partial charge in [-0.15, -0.1) is 0 Å². The van der Waals surface area contributed by atoms with Crippen molar-refractivity contribution in [3.05, 3.63) is 34.9 Å². The van der Waals surface area contributed by atoms with Gasteiger partial charge in [-0.05, 0) is 42.4 Å². The van der Waals surface area contributed by atoms with E-state index in [1.165, 1.54) is 16.7 Å². The second-order valence-electron chi connectivity index (χ2n) is 4.38. The smallest absolute Gasteiger partial charge is 0.0167 e. The Labute approximate surface area is 82.0 Å². The first-order chi connectivity index (χ1) is 6.02. The summed E-state index contributed by atoms with van der Waals surface area (Å²) >= 11 is 0. The SMILES string of the molecule is Cc1ccc([C@H](C)C(C)C)cc1C. The molecule has 1 atom stereocenters. The molecule has 0 aromatic heterocycles. The van der Waals surface area contributed by atoms with Gasteiger partial charge in [-0.25, -0.2) is 0 Å².